The molecular formula is C14H18FNO3. The molecule has 19 heavy (non-hydrogen) atoms. The van der Waals surface area contributed by atoms with Crippen molar-refractivity contribution in [2.75, 3.05) is 26.3 Å². The minimum Gasteiger partial charge on any atom is -0.490 e. The number of hydrogen-bond acceptors (Lipinski definition) is 3. The first kappa shape index (κ1) is 13.8. The molecule has 1 fully saturated rings. The third-order valence-electron chi connectivity index (χ3n) is 3.00. The summed E-state index contributed by atoms with van der Waals surface area (Å²) in [6.45, 7) is 3.92. The van der Waals surface area contributed by atoms with Crippen molar-refractivity contribution in [1.82, 2.24) is 4.90 Å². The van der Waals surface area contributed by atoms with Crippen LogP contribution in [0.2, 0.25) is 0 Å². The van der Waals surface area contributed by atoms with Crippen molar-refractivity contribution in [2.45, 2.75) is 19.4 Å². The van der Waals surface area contributed by atoms with E-state index < -0.39 is 5.82 Å². The zero-order valence-electron chi connectivity index (χ0n) is 11.0. The van der Waals surface area contributed by atoms with E-state index in [2.05, 4.69) is 0 Å². The van der Waals surface area contributed by atoms with E-state index in [9.17, 15) is 9.18 Å². The minimum atomic E-state index is -0.407. The van der Waals surface area contributed by atoms with Crippen molar-refractivity contribution in [3.8, 4) is 5.75 Å². The smallest absolute Gasteiger partial charge is 0.226 e. The van der Waals surface area contributed by atoms with E-state index in [1.807, 2.05) is 6.92 Å². The molecule has 1 aliphatic rings. The Morgan fingerprint density at radius 1 is 1.53 bits per heavy atom. The van der Waals surface area contributed by atoms with E-state index in [1.54, 1.807) is 23.1 Å². The van der Waals surface area contributed by atoms with Gasteiger partial charge in [-0.15, -0.1) is 0 Å². The number of hydrogen-bond donors (Lipinski definition) is 0. The maximum Gasteiger partial charge on any atom is 0.226 e. The van der Waals surface area contributed by atoms with Gasteiger partial charge in [-0.3, -0.25) is 4.79 Å². The molecule has 1 amide bonds. The standard InChI is InChI=1S/C14H18FNO3/c1-11-10-16(7-9-18-11)14(17)6-8-19-13-5-3-2-4-12(13)15/h2-5,11H,6-10H2,1H3. The van der Waals surface area contributed by atoms with Crippen LogP contribution < -0.4 is 4.74 Å². The van der Waals surface area contributed by atoms with Crippen LogP contribution in [-0.2, 0) is 9.53 Å². The molecule has 0 radical (unpaired) electrons. The molecule has 2 rings (SSSR count). The van der Waals surface area contributed by atoms with Crippen molar-refractivity contribution < 1.29 is 18.7 Å². The van der Waals surface area contributed by atoms with Crippen LogP contribution in [0.5, 0.6) is 5.75 Å². The Labute approximate surface area is 112 Å². The van der Waals surface area contributed by atoms with Gasteiger partial charge in [-0.1, -0.05) is 12.1 Å². The fourth-order valence-corrected chi connectivity index (χ4v) is 2.01. The van der Waals surface area contributed by atoms with E-state index >= 15 is 0 Å². The quantitative estimate of drug-likeness (QED) is 0.835. The Bertz CT molecular complexity index is 438. The first-order valence-corrected chi connectivity index (χ1v) is 6.43. The van der Waals surface area contributed by atoms with Gasteiger partial charge in [0.25, 0.3) is 0 Å². The summed E-state index contributed by atoms with van der Waals surface area (Å²) in [5.41, 5.74) is 0. The summed E-state index contributed by atoms with van der Waals surface area (Å²) in [6.07, 6.45) is 0.325. The van der Waals surface area contributed by atoms with Gasteiger partial charge in [-0.2, -0.15) is 0 Å². The van der Waals surface area contributed by atoms with E-state index in [-0.39, 0.29) is 30.8 Å². The predicted octanol–water partition coefficient (Wildman–Crippen LogP) is 1.84. The van der Waals surface area contributed by atoms with Crippen molar-refractivity contribution in [3.63, 3.8) is 0 Å². The molecule has 1 aromatic carbocycles. The number of benzene rings is 1. The Kier molecular flexibility index (Phi) is 4.74. The van der Waals surface area contributed by atoms with Gasteiger partial charge in [-0.25, -0.2) is 4.39 Å². The monoisotopic (exact) mass is 267 g/mol. The van der Waals surface area contributed by atoms with Crippen LogP contribution in [-0.4, -0.2) is 43.2 Å². The Hall–Kier alpha value is -1.62. The lowest BCUT2D eigenvalue weighted by atomic mass is 10.2. The SMILES string of the molecule is CC1CN(C(=O)CCOc2ccccc2F)CCO1. The topological polar surface area (TPSA) is 38.8 Å². The average molecular weight is 267 g/mol. The van der Waals surface area contributed by atoms with E-state index in [0.29, 0.717) is 19.7 Å². The second-order valence-corrected chi connectivity index (χ2v) is 4.55. The maximum absolute atomic E-state index is 13.3. The molecule has 0 aliphatic carbocycles. The fourth-order valence-electron chi connectivity index (χ4n) is 2.01. The van der Waals surface area contributed by atoms with Gasteiger partial charge >= 0.3 is 0 Å². The van der Waals surface area contributed by atoms with Gasteiger partial charge in [0.2, 0.25) is 5.91 Å². The third kappa shape index (κ3) is 3.92. The Balaban J connectivity index is 1.76. The molecule has 1 heterocycles. The van der Waals surface area contributed by atoms with Crippen LogP contribution >= 0.6 is 0 Å². The number of para-hydroxylation sites is 1. The van der Waals surface area contributed by atoms with Crippen molar-refractivity contribution in [3.05, 3.63) is 30.1 Å². The molecule has 1 atom stereocenters. The van der Waals surface area contributed by atoms with Gasteiger partial charge in [0.1, 0.15) is 0 Å². The van der Waals surface area contributed by atoms with Crippen LogP contribution in [0.1, 0.15) is 13.3 Å². The Morgan fingerprint density at radius 2 is 2.32 bits per heavy atom. The molecule has 0 N–H and O–H groups in total. The van der Waals surface area contributed by atoms with Gasteiger partial charge < -0.3 is 14.4 Å². The number of morpholine rings is 1. The van der Waals surface area contributed by atoms with Crippen LogP contribution in [0, 0.1) is 5.82 Å². The van der Waals surface area contributed by atoms with Gasteiger partial charge in [0.05, 0.1) is 25.7 Å². The lowest BCUT2D eigenvalue weighted by Crippen LogP contribution is -2.44. The summed E-state index contributed by atoms with van der Waals surface area (Å²) < 4.78 is 23.9. The second kappa shape index (κ2) is 6.52. The number of carbonyl (C=O) groups excluding carboxylic acids is 1. The average Bonchev–Trinajstić information content (AvgIpc) is 2.41. The number of amides is 1. The summed E-state index contributed by atoms with van der Waals surface area (Å²) in [4.78, 5) is 13.7. The normalized spacial score (nSPS) is 19.3. The van der Waals surface area contributed by atoms with Gasteiger partial charge in [0, 0.05) is 13.1 Å². The highest BCUT2D eigenvalue weighted by molar-refractivity contribution is 5.76. The zero-order valence-corrected chi connectivity index (χ0v) is 11.0. The highest BCUT2D eigenvalue weighted by atomic mass is 19.1. The molecule has 0 aromatic heterocycles. The second-order valence-electron chi connectivity index (χ2n) is 4.55. The maximum atomic E-state index is 13.3. The largest absolute Gasteiger partial charge is 0.490 e. The fraction of sp³-hybridized carbons (Fsp3) is 0.500. The molecule has 1 saturated heterocycles. The van der Waals surface area contributed by atoms with E-state index in [4.69, 9.17) is 9.47 Å². The summed E-state index contributed by atoms with van der Waals surface area (Å²) >= 11 is 0. The molecule has 0 bridgehead atoms. The molecule has 0 saturated carbocycles. The van der Waals surface area contributed by atoms with Crippen molar-refractivity contribution >= 4 is 5.91 Å². The molecule has 0 spiro atoms. The van der Waals surface area contributed by atoms with Gasteiger partial charge in [0.15, 0.2) is 11.6 Å². The molecule has 1 aliphatic heterocycles. The number of halogens is 1. The summed E-state index contributed by atoms with van der Waals surface area (Å²) in [7, 11) is 0. The highest BCUT2D eigenvalue weighted by Gasteiger charge is 2.21. The molecular weight excluding hydrogens is 249 g/mol. The zero-order chi connectivity index (χ0) is 13.7. The molecule has 4 nitrogen and oxygen atoms in total. The molecule has 104 valence electrons. The van der Waals surface area contributed by atoms with E-state index in [0.717, 1.165) is 0 Å². The summed E-state index contributed by atoms with van der Waals surface area (Å²) in [6, 6.07) is 6.18. The Morgan fingerprint density at radius 3 is 3.05 bits per heavy atom. The third-order valence-corrected chi connectivity index (χ3v) is 3.00. The first-order chi connectivity index (χ1) is 9.16. The lowest BCUT2D eigenvalue weighted by Gasteiger charge is -2.31. The van der Waals surface area contributed by atoms with Gasteiger partial charge in [-0.05, 0) is 19.1 Å². The van der Waals surface area contributed by atoms with Crippen LogP contribution in [0.15, 0.2) is 24.3 Å². The summed E-state index contributed by atoms with van der Waals surface area (Å²) in [5.74, 6) is -0.202. The lowest BCUT2D eigenvalue weighted by molar-refractivity contribution is -0.138. The minimum absolute atomic E-state index is 0.0199. The number of carbonyl (C=O) groups is 1. The summed E-state index contributed by atoms with van der Waals surface area (Å²) in [5, 5.41) is 0. The number of nitrogens with zero attached hydrogens (tertiary/aromatic N) is 1. The molecule has 1 aromatic rings. The van der Waals surface area contributed by atoms with Crippen LogP contribution in [0.3, 0.4) is 0 Å². The highest BCUT2D eigenvalue weighted by Crippen LogP contribution is 2.15. The van der Waals surface area contributed by atoms with Crippen LogP contribution in [0.25, 0.3) is 0 Å². The first-order valence-electron chi connectivity index (χ1n) is 6.43. The van der Waals surface area contributed by atoms with Crippen molar-refractivity contribution in [1.29, 1.82) is 0 Å². The number of ether oxygens (including phenoxy) is 2. The predicted molar refractivity (Wildman–Crippen MR) is 68.5 cm³/mol. The molecule has 1 unspecified atom stereocenters. The van der Waals surface area contributed by atoms with Crippen LogP contribution in [0.4, 0.5) is 4.39 Å². The molecule has 5 heteroatoms. The van der Waals surface area contributed by atoms with E-state index in [1.165, 1.54) is 6.07 Å². The number of rotatable bonds is 4. The van der Waals surface area contributed by atoms with Crippen molar-refractivity contribution in [2.24, 2.45) is 0 Å².